The number of benzene rings is 2. The van der Waals surface area contributed by atoms with Gasteiger partial charge in [0.25, 0.3) is 0 Å². The maximum absolute atomic E-state index is 12.7. The van der Waals surface area contributed by atoms with Crippen LogP contribution < -0.4 is 5.32 Å². The van der Waals surface area contributed by atoms with Crippen molar-refractivity contribution < 1.29 is 4.79 Å². The first-order valence-corrected chi connectivity index (χ1v) is 12.8. The second-order valence-electron chi connectivity index (χ2n) is 6.79. The molecule has 0 unspecified atom stereocenters. The van der Waals surface area contributed by atoms with Crippen molar-refractivity contribution in [3.05, 3.63) is 79.9 Å². The molecule has 0 aliphatic carbocycles. The van der Waals surface area contributed by atoms with Gasteiger partial charge in [0, 0.05) is 37.1 Å². The van der Waals surface area contributed by atoms with Crippen molar-refractivity contribution in [2.75, 3.05) is 11.1 Å². The Morgan fingerprint density at radius 3 is 2.31 bits per heavy atom. The summed E-state index contributed by atoms with van der Waals surface area (Å²) in [6, 6.07) is 15.6. The van der Waals surface area contributed by atoms with Crippen molar-refractivity contribution in [2.24, 2.45) is 0 Å². The van der Waals surface area contributed by atoms with Gasteiger partial charge in [-0.1, -0.05) is 45.4 Å². The molecule has 0 atom stereocenters. The van der Waals surface area contributed by atoms with E-state index in [1.54, 1.807) is 12.4 Å². The Labute approximate surface area is 214 Å². The van der Waals surface area contributed by atoms with Crippen molar-refractivity contribution in [2.45, 2.75) is 12.1 Å². The fourth-order valence-corrected chi connectivity index (χ4v) is 6.15. The normalized spacial score (nSPS) is 10.9. The molecule has 10 heteroatoms. The molecule has 0 bridgehead atoms. The van der Waals surface area contributed by atoms with Gasteiger partial charge >= 0.3 is 0 Å². The third kappa shape index (κ3) is 5.31. The predicted octanol–water partition coefficient (Wildman–Crippen LogP) is 6.66. The SMILES string of the molecule is Cc1ccc(-n2c(SCC(=O)Nc3c(Br)cc(Br)cc3Br)nnc2-c2ccncc2)cc1. The molecule has 0 saturated heterocycles. The van der Waals surface area contributed by atoms with Gasteiger partial charge in [0.05, 0.1) is 11.4 Å². The van der Waals surface area contributed by atoms with Crippen LogP contribution in [0.4, 0.5) is 5.69 Å². The average Bonchev–Trinajstić information content (AvgIpc) is 3.20. The lowest BCUT2D eigenvalue weighted by Gasteiger charge is -2.12. The summed E-state index contributed by atoms with van der Waals surface area (Å²) >= 11 is 11.7. The average molecular weight is 638 g/mol. The van der Waals surface area contributed by atoms with Gasteiger partial charge < -0.3 is 5.32 Å². The highest BCUT2D eigenvalue weighted by Crippen LogP contribution is 2.35. The van der Waals surface area contributed by atoms with Crippen LogP contribution in [0, 0.1) is 6.92 Å². The monoisotopic (exact) mass is 635 g/mol. The van der Waals surface area contributed by atoms with E-state index in [0.29, 0.717) is 16.7 Å². The number of carbonyl (C=O) groups is 1. The molecule has 6 nitrogen and oxygen atoms in total. The van der Waals surface area contributed by atoms with Crippen LogP contribution in [-0.4, -0.2) is 31.4 Å². The van der Waals surface area contributed by atoms with E-state index in [2.05, 4.69) is 68.3 Å². The quantitative estimate of drug-likeness (QED) is 0.240. The molecule has 0 aliphatic heterocycles. The third-order valence-electron chi connectivity index (χ3n) is 4.47. The summed E-state index contributed by atoms with van der Waals surface area (Å²) in [6.45, 7) is 2.04. The molecule has 2 aromatic carbocycles. The second-order valence-corrected chi connectivity index (χ2v) is 10.4. The number of nitrogens with zero attached hydrogens (tertiary/aromatic N) is 4. The maximum Gasteiger partial charge on any atom is 0.234 e. The van der Waals surface area contributed by atoms with Crippen molar-refractivity contribution in [3.63, 3.8) is 0 Å². The standard InChI is InChI=1S/C22H16Br3N5OS/c1-13-2-4-16(5-3-13)30-21(14-6-8-26-9-7-14)28-29-22(30)32-12-19(31)27-20-17(24)10-15(23)11-18(20)25/h2-11H,12H2,1H3,(H,27,31). The molecule has 1 amide bonds. The van der Waals surface area contributed by atoms with Crippen LogP contribution in [0.3, 0.4) is 0 Å². The molecular weight excluding hydrogens is 622 g/mol. The lowest BCUT2D eigenvalue weighted by Crippen LogP contribution is -2.15. The van der Waals surface area contributed by atoms with Gasteiger partial charge in [-0.25, -0.2) is 0 Å². The predicted molar refractivity (Wildman–Crippen MR) is 138 cm³/mol. The fourth-order valence-electron chi connectivity index (χ4n) is 2.95. The Morgan fingerprint density at radius 2 is 1.66 bits per heavy atom. The number of amides is 1. The number of hydrogen-bond acceptors (Lipinski definition) is 5. The molecule has 0 aliphatic rings. The number of nitrogens with one attached hydrogen (secondary N) is 1. The molecule has 2 aromatic heterocycles. The van der Waals surface area contributed by atoms with Crippen LogP contribution in [0.2, 0.25) is 0 Å². The minimum Gasteiger partial charge on any atom is -0.323 e. The molecule has 0 fully saturated rings. The van der Waals surface area contributed by atoms with E-state index in [1.165, 1.54) is 11.8 Å². The third-order valence-corrected chi connectivity index (χ3v) is 7.11. The highest BCUT2D eigenvalue weighted by atomic mass is 79.9. The number of hydrogen-bond donors (Lipinski definition) is 1. The van der Waals surface area contributed by atoms with Crippen molar-refractivity contribution in [3.8, 4) is 17.1 Å². The van der Waals surface area contributed by atoms with Crippen LogP contribution in [-0.2, 0) is 4.79 Å². The zero-order valence-electron chi connectivity index (χ0n) is 16.7. The first-order valence-electron chi connectivity index (χ1n) is 9.42. The molecule has 1 N–H and O–H groups in total. The minimum atomic E-state index is -0.150. The van der Waals surface area contributed by atoms with E-state index in [1.807, 2.05) is 60.0 Å². The Hall–Kier alpha value is -2.01. The molecule has 32 heavy (non-hydrogen) atoms. The molecular formula is C22H16Br3N5OS. The first kappa shape index (κ1) is 23.2. The van der Waals surface area contributed by atoms with Crippen molar-refractivity contribution in [1.29, 1.82) is 0 Å². The molecule has 0 spiro atoms. The van der Waals surface area contributed by atoms with Gasteiger partial charge in [-0.15, -0.1) is 10.2 Å². The highest BCUT2D eigenvalue weighted by molar-refractivity contribution is 9.11. The van der Waals surface area contributed by atoms with Crippen LogP contribution in [0.5, 0.6) is 0 Å². The number of carbonyl (C=O) groups excluding carboxylic acids is 1. The summed E-state index contributed by atoms with van der Waals surface area (Å²) in [7, 11) is 0. The van der Waals surface area contributed by atoms with Gasteiger partial charge in [0.1, 0.15) is 0 Å². The number of rotatable bonds is 6. The van der Waals surface area contributed by atoms with E-state index in [0.717, 1.165) is 30.2 Å². The lowest BCUT2D eigenvalue weighted by atomic mass is 10.2. The van der Waals surface area contributed by atoms with Crippen LogP contribution >= 0.6 is 59.6 Å². The molecule has 162 valence electrons. The molecule has 0 saturated carbocycles. The van der Waals surface area contributed by atoms with Crippen LogP contribution in [0.25, 0.3) is 17.1 Å². The topological polar surface area (TPSA) is 72.7 Å². The van der Waals surface area contributed by atoms with E-state index >= 15 is 0 Å². The van der Waals surface area contributed by atoms with Gasteiger partial charge in [-0.3, -0.25) is 14.3 Å². The van der Waals surface area contributed by atoms with E-state index < -0.39 is 0 Å². The molecule has 4 rings (SSSR count). The summed E-state index contributed by atoms with van der Waals surface area (Å²) in [6.07, 6.45) is 3.44. The zero-order chi connectivity index (χ0) is 22.7. The molecule has 2 heterocycles. The van der Waals surface area contributed by atoms with Crippen LogP contribution in [0.1, 0.15) is 5.56 Å². The Balaban J connectivity index is 1.59. The number of pyridine rings is 1. The van der Waals surface area contributed by atoms with Gasteiger partial charge in [-0.2, -0.15) is 0 Å². The number of aryl methyl sites for hydroxylation is 1. The number of halogens is 3. The lowest BCUT2D eigenvalue weighted by molar-refractivity contribution is -0.113. The van der Waals surface area contributed by atoms with E-state index in [9.17, 15) is 4.79 Å². The molecule has 4 aromatic rings. The summed E-state index contributed by atoms with van der Waals surface area (Å²) in [5.41, 5.74) is 3.66. The summed E-state index contributed by atoms with van der Waals surface area (Å²) in [5.74, 6) is 0.718. The number of anilines is 1. The Bertz CT molecular complexity index is 1240. The first-order chi connectivity index (χ1) is 15.4. The van der Waals surface area contributed by atoms with Crippen molar-refractivity contribution >= 4 is 71.1 Å². The number of thioether (sulfide) groups is 1. The smallest absolute Gasteiger partial charge is 0.234 e. The summed E-state index contributed by atoms with van der Waals surface area (Å²) < 4.78 is 4.41. The fraction of sp³-hybridized carbons (Fsp3) is 0.0909. The molecule has 0 radical (unpaired) electrons. The van der Waals surface area contributed by atoms with Gasteiger partial charge in [-0.05, 0) is 75.2 Å². The summed E-state index contributed by atoms with van der Waals surface area (Å²) in [5, 5.41) is 12.3. The second kappa shape index (κ2) is 10.3. The maximum atomic E-state index is 12.7. The largest absolute Gasteiger partial charge is 0.323 e. The number of aromatic nitrogens is 4. The van der Waals surface area contributed by atoms with Gasteiger partial charge in [0.2, 0.25) is 5.91 Å². The Morgan fingerprint density at radius 1 is 1.00 bits per heavy atom. The van der Waals surface area contributed by atoms with E-state index in [-0.39, 0.29) is 11.7 Å². The van der Waals surface area contributed by atoms with E-state index in [4.69, 9.17) is 0 Å². The van der Waals surface area contributed by atoms with Crippen molar-refractivity contribution in [1.82, 2.24) is 19.7 Å². The summed E-state index contributed by atoms with van der Waals surface area (Å²) in [4.78, 5) is 16.8. The van der Waals surface area contributed by atoms with Crippen LogP contribution in [0.15, 0.2) is 79.5 Å². The van der Waals surface area contributed by atoms with Gasteiger partial charge in [0.15, 0.2) is 11.0 Å². The highest BCUT2D eigenvalue weighted by Gasteiger charge is 2.18. The Kier molecular flexibility index (Phi) is 7.44. The minimum absolute atomic E-state index is 0.150. The zero-order valence-corrected chi connectivity index (χ0v) is 22.3.